The minimum absolute atomic E-state index is 0. The molecule has 1 rings (SSSR count). The van der Waals surface area contributed by atoms with Crippen molar-refractivity contribution in [2.75, 3.05) is 20.6 Å². The second-order valence-corrected chi connectivity index (χ2v) is 8.14. The Bertz CT molecular complexity index is 641. The molecule has 0 aliphatic heterocycles. The van der Waals surface area contributed by atoms with Gasteiger partial charge in [0.2, 0.25) is 0 Å². The van der Waals surface area contributed by atoms with Crippen LogP contribution in [0.2, 0.25) is 0 Å². The van der Waals surface area contributed by atoms with E-state index in [0.29, 0.717) is 12.5 Å². The summed E-state index contributed by atoms with van der Waals surface area (Å²) < 4.78 is 7.37. The topological polar surface area (TPSA) is 96.7 Å². The first-order chi connectivity index (χ1) is 13.1. The van der Waals surface area contributed by atoms with Crippen LogP contribution >= 0.6 is 24.0 Å². The zero-order chi connectivity index (χ0) is 21.3. The minimum atomic E-state index is -0.507. The summed E-state index contributed by atoms with van der Waals surface area (Å²) in [6, 6.07) is 0.0126. The lowest BCUT2D eigenvalue weighted by molar-refractivity contribution is 0.0486. The van der Waals surface area contributed by atoms with Crippen LogP contribution in [0.3, 0.4) is 0 Å². The average molecular weight is 523 g/mol. The molecule has 0 aromatic carbocycles. The molecule has 0 saturated carbocycles. The molecule has 0 saturated heterocycles. The number of hydrogen-bond donors (Lipinski definition) is 2. The number of ether oxygens (including phenoxy) is 1. The van der Waals surface area contributed by atoms with Gasteiger partial charge in [-0.3, -0.25) is 4.99 Å². The first-order valence-corrected chi connectivity index (χ1v) is 9.85. The van der Waals surface area contributed by atoms with Gasteiger partial charge in [-0.05, 0) is 40.0 Å². The van der Waals surface area contributed by atoms with E-state index in [2.05, 4.69) is 46.6 Å². The summed E-state index contributed by atoms with van der Waals surface area (Å²) in [6.07, 6.45) is 2.12. The van der Waals surface area contributed by atoms with Gasteiger partial charge < -0.3 is 24.8 Å². The summed E-state index contributed by atoms with van der Waals surface area (Å²) >= 11 is 0. The molecule has 2 N–H and O–H groups in total. The van der Waals surface area contributed by atoms with E-state index >= 15 is 0 Å². The van der Waals surface area contributed by atoms with E-state index in [-0.39, 0.29) is 36.1 Å². The van der Waals surface area contributed by atoms with Gasteiger partial charge in [0.05, 0.1) is 6.54 Å². The number of amides is 1. The molecule has 0 radical (unpaired) electrons. The van der Waals surface area contributed by atoms with Gasteiger partial charge in [-0.1, -0.05) is 13.8 Å². The SMILES string of the molecule is CCn1cnnc1CNC(=NC)N(C)CCC(NC(=O)OC(C)(C)C)C(C)C.I. The molecule has 10 heteroatoms. The molecule has 1 aromatic heterocycles. The maximum Gasteiger partial charge on any atom is 0.407 e. The molecule has 0 bridgehead atoms. The summed E-state index contributed by atoms with van der Waals surface area (Å²) in [5.74, 6) is 1.92. The van der Waals surface area contributed by atoms with Crippen LogP contribution in [0, 0.1) is 5.92 Å². The van der Waals surface area contributed by atoms with Gasteiger partial charge in [-0.15, -0.1) is 34.2 Å². The summed E-state index contributed by atoms with van der Waals surface area (Å²) in [7, 11) is 3.73. The zero-order valence-corrected chi connectivity index (χ0v) is 21.4. The van der Waals surface area contributed by atoms with E-state index in [4.69, 9.17) is 4.74 Å². The summed E-state index contributed by atoms with van der Waals surface area (Å²) in [6.45, 7) is 13.9. The third kappa shape index (κ3) is 10.1. The fourth-order valence-corrected chi connectivity index (χ4v) is 2.69. The highest BCUT2D eigenvalue weighted by Gasteiger charge is 2.22. The molecule has 1 heterocycles. The first-order valence-electron chi connectivity index (χ1n) is 9.85. The molecule has 0 aliphatic rings. The number of halogens is 1. The molecule has 0 aliphatic carbocycles. The number of aliphatic imine (C=N–C) groups is 1. The Balaban J connectivity index is 0.00000784. The molecule has 1 aromatic rings. The van der Waals surface area contributed by atoms with Crippen molar-refractivity contribution < 1.29 is 9.53 Å². The van der Waals surface area contributed by atoms with Gasteiger partial charge in [-0.2, -0.15) is 0 Å². The Morgan fingerprint density at radius 3 is 2.55 bits per heavy atom. The molecule has 1 atom stereocenters. The van der Waals surface area contributed by atoms with Crippen LogP contribution in [0.5, 0.6) is 0 Å². The summed E-state index contributed by atoms with van der Waals surface area (Å²) in [5.41, 5.74) is -0.507. The van der Waals surface area contributed by atoms with Crippen molar-refractivity contribution in [3.05, 3.63) is 12.2 Å². The van der Waals surface area contributed by atoms with Crippen LogP contribution < -0.4 is 10.6 Å². The highest BCUT2D eigenvalue weighted by Crippen LogP contribution is 2.11. The number of aryl methyl sites for hydroxylation is 1. The first kappa shape index (κ1) is 27.4. The van der Waals surface area contributed by atoms with E-state index in [1.807, 2.05) is 37.3 Å². The number of rotatable bonds is 8. The quantitative estimate of drug-likeness (QED) is 0.309. The Hall–Kier alpha value is -1.59. The number of nitrogens with zero attached hydrogens (tertiary/aromatic N) is 5. The highest BCUT2D eigenvalue weighted by atomic mass is 127. The number of carbonyl (C=O) groups excluding carboxylic acids is 1. The zero-order valence-electron chi connectivity index (χ0n) is 19.0. The number of aromatic nitrogens is 3. The second-order valence-electron chi connectivity index (χ2n) is 8.14. The van der Waals surface area contributed by atoms with Crippen LogP contribution in [-0.4, -0.2) is 64.0 Å². The normalized spacial score (nSPS) is 12.9. The van der Waals surface area contributed by atoms with Gasteiger partial charge in [0.15, 0.2) is 11.8 Å². The van der Waals surface area contributed by atoms with Crippen molar-refractivity contribution in [2.24, 2.45) is 10.9 Å². The van der Waals surface area contributed by atoms with Crippen LogP contribution in [0.4, 0.5) is 4.79 Å². The van der Waals surface area contributed by atoms with Crippen LogP contribution in [0.1, 0.15) is 53.8 Å². The number of hydrogen-bond acceptors (Lipinski definition) is 5. The van der Waals surface area contributed by atoms with Crippen molar-refractivity contribution in [1.82, 2.24) is 30.3 Å². The number of nitrogens with one attached hydrogen (secondary N) is 2. The van der Waals surface area contributed by atoms with Crippen molar-refractivity contribution in [3.63, 3.8) is 0 Å². The minimum Gasteiger partial charge on any atom is -0.444 e. The van der Waals surface area contributed by atoms with Gasteiger partial charge in [0.25, 0.3) is 0 Å². The fraction of sp³-hybridized carbons (Fsp3) is 0.789. The van der Waals surface area contributed by atoms with Crippen LogP contribution in [0.15, 0.2) is 11.3 Å². The molecule has 29 heavy (non-hydrogen) atoms. The molecule has 0 spiro atoms. The lowest BCUT2D eigenvalue weighted by Crippen LogP contribution is -2.45. The Morgan fingerprint density at radius 1 is 1.38 bits per heavy atom. The van der Waals surface area contributed by atoms with Crippen LogP contribution in [-0.2, 0) is 17.8 Å². The number of alkyl carbamates (subject to hydrolysis) is 1. The molecule has 168 valence electrons. The summed E-state index contributed by atoms with van der Waals surface area (Å²) in [5, 5.41) is 14.4. The van der Waals surface area contributed by atoms with Crippen molar-refractivity contribution in [2.45, 2.75) is 72.7 Å². The van der Waals surface area contributed by atoms with E-state index in [9.17, 15) is 4.79 Å². The Labute approximate surface area is 192 Å². The molecule has 9 nitrogen and oxygen atoms in total. The van der Waals surface area contributed by atoms with Crippen molar-refractivity contribution in [1.29, 1.82) is 0 Å². The molecule has 1 unspecified atom stereocenters. The second kappa shape index (κ2) is 12.9. The van der Waals surface area contributed by atoms with Crippen molar-refractivity contribution >= 4 is 36.0 Å². The Kier molecular flexibility index (Phi) is 12.2. The van der Waals surface area contributed by atoms with Gasteiger partial charge in [-0.25, -0.2) is 4.79 Å². The lowest BCUT2D eigenvalue weighted by Gasteiger charge is -2.28. The van der Waals surface area contributed by atoms with Gasteiger partial charge >= 0.3 is 6.09 Å². The monoisotopic (exact) mass is 523 g/mol. The van der Waals surface area contributed by atoms with Gasteiger partial charge in [0, 0.05) is 33.2 Å². The number of carbonyl (C=O) groups is 1. The third-order valence-corrected chi connectivity index (χ3v) is 4.30. The molecular weight excluding hydrogens is 485 g/mol. The third-order valence-electron chi connectivity index (χ3n) is 4.30. The fourth-order valence-electron chi connectivity index (χ4n) is 2.69. The molecule has 1 amide bonds. The van der Waals surface area contributed by atoms with E-state index in [0.717, 1.165) is 31.3 Å². The predicted molar refractivity (Wildman–Crippen MR) is 127 cm³/mol. The standard InChI is InChI=1S/C19H37N7O2.HI/c1-9-26-13-22-24-16(26)12-21-17(20-7)25(8)11-10-15(14(2)3)23-18(27)28-19(4,5)6;/h13-15H,9-12H2,1-8H3,(H,20,21)(H,23,27);1H. The number of guanidine groups is 1. The largest absolute Gasteiger partial charge is 0.444 e. The maximum atomic E-state index is 12.1. The highest BCUT2D eigenvalue weighted by molar-refractivity contribution is 14.0. The van der Waals surface area contributed by atoms with E-state index in [1.165, 1.54) is 0 Å². The molecule has 0 fully saturated rings. The predicted octanol–water partition coefficient (Wildman–Crippen LogP) is 2.86. The Morgan fingerprint density at radius 2 is 2.03 bits per heavy atom. The van der Waals surface area contributed by atoms with Crippen molar-refractivity contribution in [3.8, 4) is 0 Å². The maximum absolute atomic E-state index is 12.1. The van der Waals surface area contributed by atoms with Crippen LogP contribution in [0.25, 0.3) is 0 Å². The van der Waals surface area contributed by atoms with E-state index in [1.54, 1.807) is 13.4 Å². The summed E-state index contributed by atoms with van der Waals surface area (Å²) in [4.78, 5) is 18.5. The lowest BCUT2D eigenvalue weighted by atomic mass is 10.0. The average Bonchev–Trinajstić information content (AvgIpc) is 3.04. The van der Waals surface area contributed by atoms with Gasteiger partial charge in [0.1, 0.15) is 11.9 Å². The molecular formula is C19H38IN7O2. The smallest absolute Gasteiger partial charge is 0.407 e. The van der Waals surface area contributed by atoms with E-state index < -0.39 is 5.60 Å².